The lowest BCUT2D eigenvalue weighted by Crippen LogP contribution is -1.95. The average Bonchev–Trinajstić information content (AvgIpc) is 1.91. The van der Waals surface area contributed by atoms with Crippen molar-refractivity contribution < 1.29 is 9.47 Å². The van der Waals surface area contributed by atoms with Crippen molar-refractivity contribution in [2.24, 2.45) is 0 Å². The van der Waals surface area contributed by atoms with Crippen LogP contribution in [-0.4, -0.2) is 13.7 Å². The molecule has 0 unspecified atom stereocenters. The first-order valence-corrected chi connectivity index (χ1v) is 2.93. The van der Waals surface area contributed by atoms with Crippen LogP contribution in [0, 0.1) is 0 Å². The fourth-order valence-electron chi connectivity index (χ4n) is 0.713. The molecule has 0 aromatic carbocycles. The molecular formula is C7H10O2. The molecule has 2 heteroatoms. The molecule has 2 nitrogen and oxygen atoms in total. The molecule has 0 aromatic rings. The molecule has 1 heterocycles. The zero-order valence-electron chi connectivity index (χ0n) is 5.46. The molecule has 50 valence electrons. The summed E-state index contributed by atoms with van der Waals surface area (Å²) in [5.74, 6) is 0. The van der Waals surface area contributed by atoms with E-state index >= 15 is 0 Å². The molecule has 0 spiro atoms. The molecule has 0 saturated heterocycles. The van der Waals surface area contributed by atoms with Gasteiger partial charge in [0.05, 0.1) is 26.2 Å². The van der Waals surface area contributed by atoms with Gasteiger partial charge in [0, 0.05) is 6.42 Å². The fourth-order valence-corrected chi connectivity index (χ4v) is 0.713. The van der Waals surface area contributed by atoms with Crippen molar-refractivity contribution in [3.05, 3.63) is 24.2 Å². The van der Waals surface area contributed by atoms with Crippen LogP contribution in [0.15, 0.2) is 24.2 Å². The molecule has 0 amide bonds. The van der Waals surface area contributed by atoms with Gasteiger partial charge in [-0.05, 0) is 11.6 Å². The third-order valence-corrected chi connectivity index (χ3v) is 1.16. The standard InChI is InChI=1S/C7H10O2/c1-8-6-7-2-4-9-5-3-7/h2,4,6H,3,5H2,1H3. The van der Waals surface area contributed by atoms with E-state index in [0.29, 0.717) is 0 Å². The number of ether oxygens (including phenoxy) is 2. The molecular weight excluding hydrogens is 116 g/mol. The lowest BCUT2D eigenvalue weighted by atomic mass is 10.2. The van der Waals surface area contributed by atoms with Crippen LogP contribution in [0.1, 0.15) is 6.42 Å². The number of allylic oxidation sites excluding steroid dienone is 1. The van der Waals surface area contributed by atoms with Crippen molar-refractivity contribution in [1.82, 2.24) is 0 Å². The molecule has 0 bridgehead atoms. The van der Waals surface area contributed by atoms with E-state index in [0.717, 1.165) is 13.0 Å². The average molecular weight is 126 g/mol. The summed E-state index contributed by atoms with van der Waals surface area (Å²) in [6.07, 6.45) is 6.28. The van der Waals surface area contributed by atoms with Crippen molar-refractivity contribution in [2.45, 2.75) is 6.42 Å². The number of hydrogen-bond donors (Lipinski definition) is 0. The van der Waals surface area contributed by atoms with Crippen LogP contribution in [0.5, 0.6) is 0 Å². The van der Waals surface area contributed by atoms with Crippen molar-refractivity contribution in [1.29, 1.82) is 0 Å². The summed E-state index contributed by atoms with van der Waals surface area (Å²) in [5.41, 5.74) is 1.18. The molecule has 0 saturated carbocycles. The van der Waals surface area contributed by atoms with E-state index in [1.54, 1.807) is 19.6 Å². The highest BCUT2D eigenvalue weighted by molar-refractivity contribution is 5.16. The summed E-state index contributed by atoms with van der Waals surface area (Å²) in [5, 5.41) is 0. The Morgan fingerprint density at radius 1 is 1.78 bits per heavy atom. The Hall–Kier alpha value is -0.920. The minimum atomic E-state index is 0.770. The predicted octanol–water partition coefficient (Wildman–Crippen LogP) is 1.45. The molecule has 0 N–H and O–H groups in total. The second-order valence-corrected chi connectivity index (χ2v) is 1.85. The topological polar surface area (TPSA) is 18.5 Å². The predicted molar refractivity (Wildman–Crippen MR) is 34.8 cm³/mol. The Bertz CT molecular complexity index is 136. The molecule has 0 fully saturated rings. The van der Waals surface area contributed by atoms with Gasteiger partial charge in [0.25, 0.3) is 0 Å². The van der Waals surface area contributed by atoms with Crippen LogP contribution >= 0.6 is 0 Å². The van der Waals surface area contributed by atoms with E-state index < -0.39 is 0 Å². The van der Waals surface area contributed by atoms with E-state index in [9.17, 15) is 0 Å². The third-order valence-electron chi connectivity index (χ3n) is 1.16. The first-order chi connectivity index (χ1) is 4.43. The smallest absolute Gasteiger partial charge is 0.0914 e. The van der Waals surface area contributed by atoms with E-state index in [1.165, 1.54) is 5.57 Å². The monoisotopic (exact) mass is 126 g/mol. The van der Waals surface area contributed by atoms with E-state index in [2.05, 4.69) is 0 Å². The summed E-state index contributed by atoms with van der Waals surface area (Å²) in [4.78, 5) is 0. The highest BCUT2D eigenvalue weighted by atomic mass is 16.5. The molecule has 1 rings (SSSR count). The van der Waals surface area contributed by atoms with Gasteiger partial charge in [-0.1, -0.05) is 0 Å². The van der Waals surface area contributed by atoms with Gasteiger partial charge in [0.15, 0.2) is 0 Å². The van der Waals surface area contributed by atoms with Crippen molar-refractivity contribution in [3.8, 4) is 0 Å². The van der Waals surface area contributed by atoms with Gasteiger partial charge in [-0.25, -0.2) is 0 Å². The van der Waals surface area contributed by atoms with Gasteiger partial charge in [0.2, 0.25) is 0 Å². The van der Waals surface area contributed by atoms with Crippen LogP contribution < -0.4 is 0 Å². The van der Waals surface area contributed by atoms with Crippen LogP contribution in [0.2, 0.25) is 0 Å². The first-order valence-electron chi connectivity index (χ1n) is 2.93. The van der Waals surface area contributed by atoms with E-state index in [4.69, 9.17) is 9.47 Å². The fraction of sp³-hybridized carbons (Fsp3) is 0.429. The van der Waals surface area contributed by atoms with Crippen molar-refractivity contribution >= 4 is 0 Å². The third kappa shape index (κ3) is 1.80. The maximum absolute atomic E-state index is 4.97. The normalized spacial score (nSPS) is 21.7. The van der Waals surface area contributed by atoms with Crippen LogP contribution in [0.3, 0.4) is 0 Å². The Labute approximate surface area is 54.8 Å². The molecule has 1 aliphatic heterocycles. The summed E-state index contributed by atoms with van der Waals surface area (Å²) in [6.45, 7) is 0.770. The van der Waals surface area contributed by atoms with E-state index in [1.807, 2.05) is 6.08 Å². The second kappa shape index (κ2) is 3.17. The SMILES string of the molecule is COC=C1C=COCC1. The lowest BCUT2D eigenvalue weighted by Gasteiger charge is -2.07. The summed E-state index contributed by atoms with van der Waals surface area (Å²) < 4.78 is 9.78. The highest BCUT2D eigenvalue weighted by Gasteiger charge is 1.97. The maximum Gasteiger partial charge on any atom is 0.0914 e. The Kier molecular flexibility index (Phi) is 2.19. The van der Waals surface area contributed by atoms with Gasteiger partial charge in [0.1, 0.15) is 0 Å². The zero-order chi connectivity index (χ0) is 6.53. The summed E-state index contributed by atoms with van der Waals surface area (Å²) in [7, 11) is 1.65. The molecule has 1 aliphatic rings. The van der Waals surface area contributed by atoms with Gasteiger partial charge < -0.3 is 9.47 Å². The van der Waals surface area contributed by atoms with Crippen LogP contribution in [-0.2, 0) is 9.47 Å². The van der Waals surface area contributed by atoms with Crippen molar-refractivity contribution in [3.63, 3.8) is 0 Å². The Morgan fingerprint density at radius 2 is 2.67 bits per heavy atom. The lowest BCUT2D eigenvalue weighted by molar-refractivity contribution is 0.241. The van der Waals surface area contributed by atoms with Gasteiger partial charge in [-0.3, -0.25) is 0 Å². The number of hydrogen-bond acceptors (Lipinski definition) is 2. The minimum absolute atomic E-state index is 0.770. The van der Waals surface area contributed by atoms with E-state index in [-0.39, 0.29) is 0 Å². The number of rotatable bonds is 1. The van der Waals surface area contributed by atoms with Crippen LogP contribution in [0.25, 0.3) is 0 Å². The van der Waals surface area contributed by atoms with Gasteiger partial charge in [-0.15, -0.1) is 0 Å². The Balaban J connectivity index is 2.49. The number of methoxy groups -OCH3 is 1. The van der Waals surface area contributed by atoms with Crippen LogP contribution in [0.4, 0.5) is 0 Å². The highest BCUT2D eigenvalue weighted by Crippen LogP contribution is 2.08. The maximum atomic E-state index is 4.97. The molecule has 0 radical (unpaired) electrons. The minimum Gasteiger partial charge on any atom is -0.504 e. The van der Waals surface area contributed by atoms with Gasteiger partial charge >= 0.3 is 0 Å². The van der Waals surface area contributed by atoms with Crippen molar-refractivity contribution in [2.75, 3.05) is 13.7 Å². The molecule has 0 atom stereocenters. The molecule has 0 aromatic heterocycles. The molecule has 0 aliphatic carbocycles. The van der Waals surface area contributed by atoms with Gasteiger partial charge in [-0.2, -0.15) is 0 Å². The largest absolute Gasteiger partial charge is 0.504 e. The summed E-state index contributed by atoms with van der Waals surface area (Å²) in [6, 6.07) is 0. The quantitative estimate of drug-likeness (QED) is 0.495. The Morgan fingerprint density at radius 3 is 3.22 bits per heavy atom. The zero-order valence-corrected chi connectivity index (χ0v) is 5.46. The molecule has 9 heavy (non-hydrogen) atoms. The summed E-state index contributed by atoms with van der Waals surface area (Å²) >= 11 is 0. The first kappa shape index (κ1) is 6.20. The second-order valence-electron chi connectivity index (χ2n) is 1.85.